The maximum absolute atomic E-state index is 6.18. The third-order valence-electron chi connectivity index (χ3n) is 3.76. The summed E-state index contributed by atoms with van der Waals surface area (Å²) >= 11 is 0. The summed E-state index contributed by atoms with van der Waals surface area (Å²) in [5, 5.41) is 0. The molecule has 1 heterocycles. The molecule has 2 heteroatoms. The second-order valence-corrected chi connectivity index (χ2v) is 5.35. The van der Waals surface area contributed by atoms with Gasteiger partial charge in [-0.25, -0.2) is 0 Å². The maximum Gasteiger partial charge on any atom is 0.135 e. The van der Waals surface area contributed by atoms with Crippen LogP contribution in [0.4, 0.5) is 0 Å². The molecule has 0 saturated heterocycles. The predicted octanol–water partition coefficient (Wildman–Crippen LogP) is 3.85. The van der Waals surface area contributed by atoms with Crippen molar-refractivity contribution in [3.8, 4) is 11.5 Å². The first-order valence-electron chi connectivity index (χ1n) is 6.54. The lowest BCUT2D eigenvalue weighted by atomic mass is 9.90. The van der Waals surface area contributed by atoms with Gasteiger partial charge in [0, 0.05) is 12.0 Å². The SMILES string of the molecule is COc1ccc2c(c1)CC(C)(c1cccc(C)c1)O2. The van der Waals surface area contributed by atoms with Gasteiger partial charge >= 0.3 is 0 Å². The van der Waals surface area contributed by atoms with Crippen LogP contribution in [0.15, 0.2) is 42.5 Å². The van der Waals surface area contributed by atoms with Crippen LogP contribution in [0.1, 0.15) is 23.6 Å². The number of hydrogen-bond acceptors (Lipinski definition) is 2. The number of fused-ring (bicyclic) bond motifs is 1. The zero-order valence-corrected chi connectivity index (χ0v) is 11.6. The molecule has 0 bridgehead atoms. The minimum Gasteiger partial charge on any atom is -0.497 e. The van der Waals surface area contributed by atoms with Crippen LogP contribution in [0.5, 0.6) is 11.5 Å². The van der Waals surface area contributed by atoms with Crippen molar-refractivity contribution in [3.63, 3.8) is 0 Å². The van der Waals surface area contributed by atoms with E-state index < -0.39 is 0 Å². The van der Waals surface area contributed by atoms with Gasteiger partial charge in [-0.2, -0.15) is 0 Å². The molecule has 2 aromatic rings. The third-order valence-corrected chi connectivity index (χ3v) is 3.76. The molecule has 0 radical (unpaired) electrons. The topological polar surface area (TPSA) is 18.5 Å². The van der Waals surface area contributed by atoms with Gasteiger partial charge in [-0.05, 0) is 37.6 Å². The van der Waals surface area contributed by atoms with Crippen molar-refractivity contribution in [2.24, 2.45) is 0 Å². The summed E-state index contributed by atoms with van der Waals surface area (Å²) < 4.78 is 11.5. The van der Waals surface area contributed by atoms with Crippen molar-refractivity contribution in [1.29, 1.82) is 0 Å². The van der Waals surface area contributed by atoms with E-state index in [1.165, 1.54) is 16.7 Å². The van der Waals surface area contributed by atoms with Crippen LogP contribution in [0.3, 0.4) is 0 Å². The van der Waals surface area contributed by atoms with Crippen molar-refractivity contribution >= 4 is 0 Å². The predicted molar refractivity (Wildman–Crippen MR) is 75.9 cm³/mol. The standard InChI is InChI=1S/C17H18O2/c1-12-5-4-6-14(9-12)17(2)11-13-10-15(18-3)7-8-16(13)19-17/h4-10H,11H2,1-3H3. The smallest absolute Gasteiger partial charge is 0.135 e. The Kier molecular flexibility index (Phi) is 2.74. The van der Waals surface area contributed by atoms with Gasteiger partial charge in [0.15, 0.2) is 0 Å². The molecule has 1 unspecified atom stereocenters. The van der Waals surface area contributed by atoms with Gasteiger partial charge in [0.2, 0.25) is 0 Å². The number of ether oxygens (including phenoxy) is 2. The van der Waals surface area contributed by atoms with Crippen LogP contribution in [-0.4, -0.2) is 7.11 Å². The summed E-state index contributed by atoms with van der Waals surface area (Å²) in [6.45, 7) is 4.26. The van der Waals surface area contributed by atoms with E-state index in [4.69, 9.17) is 9.47 Å². The van der Waals surface area contributed by atoms with Crippen LogP contribution < -0.4 is 9.47 Å². The van der Waals surface area contributed by atoms with Gasteiger partial charge in [0.05, 0.1) is 7.11 Å². The first-order chi connectivity index (χ1) is 9.10. The Balaban J connectivity index is 1.97. The molecule has 0 amide bonds. The molecule has 1 atom stereocenters. The maximum atomic E-state index is 6.18. The van der Waals surface area contributed by atoms with Crippen LogP contribution in [-0.2, 0) is 12.0 Å². The highest BCUT2D eigenvalue weighted by molar-refractivity contribution is 5.46. The second-order valence-electron chi connectivity index (χ2n) is 5.35. The van der Waals surface area contributed by atoms with E-state index >= 15 is 0 Å². The number of aryl methyl sites for hydroxylation is 1. The second kappa shape index (κ2) is 4.30. The van der Waals surface area contributed by atoms with Crippen LogP contribution in [0.2, 0.25) is 0 Å². The largest absolute Gasteiger partial charge is 0.497 e. The number of rotatable bonds is 2. The fourth-order valence-electron chi connectivity index (χ4n) is 2.70. The van der Waals surface area contributed by atoms with E-state index in [0.29, 0.717) is 0 Å². The first kappa shape index (κ1) is 12.1. The Morgan fingerprint density at radius 3 is 2.74 bits per heavy atom. The van der Waals surface area contributed by atoms with E-state index in [-0.39, 0.29) is 5.60 Å². The summed E-state index contributed by atoms with van der Waals surface area (Å²) in [5.41, 5.74) is 3.42. The molecule has 2 aromatic carbocycles. The molecule has 19 heavy (non-hydrogen) atoms. The number of hydrogen-bond donors (Lipinski definition) is 0. The van der Waals surface area contributed by atoms with E-state index in [1.54, 1.807) is 7.11 Å². The van der Waals surface area contributed by atoms with Gasteiger partial charge < -0.3 is 9.47 Å². The zero-order valence-electron chi connectivity index (χ0n) is 11.6. The highest BCUT2D eigenvalue weighted by Gasteiger charge is 2.36. The van der Waals surface area contributed by atoms with Gasteiger partial charge in [0.1, 0.15) is 17.1 Å². The van der Waals surface area contributed by atoms with Gasteiger partial charge in [-0.3, -0.25) is 0 Å². The highest BCUT2D eigenvalue weighted by atomic mass is 16.5. The molecule has 1 aliphatic heterocycles. The zero-order chi connectivity index (χ0) is 13.5. The molecule has 0 N–H and O–H groups in total. The van der Waals surface area contributed by atoms with Crippen molar-refractivity contribution in [3.05, 3.63) is 59.2 Å². The van der Waals surface area contributed by atoms with Gasteiger partial charge in [-0.1, -0.05) is 29.8 Å². The highest BCUT2D eigenvalue weighted by Crippen LogP contribution is 2.42. The first-order valence-corrected chi connectivity index (χ1v) is 6.54. The third kappa shape index (κ3) is 2.07. The fourth-order valence-corrected chi connectivity index (χ4v) is 2.70. The summed E-state index contributed by atoms with van der Waals surface area (Å²) in [6.07, 6.45) is 0.878. The van der Waals surface area contributed by atoms with E-state index in [1.807, 2.05) is 12.1 Å². The van der Waals surface area contributed by atoms with Crippen LogP contribution >= 0.6 is 0 Å². The average molecular weight is 254 g/mol. The van der Waals surface area contributed by atoms with E-state index in [2.05, 4.69) is 44.2 Å². The Morgan fingerprint density at radius 1 is 1.16 bits per heavy atom. The molecule has 0 aromatic heterocycles. The van der Waals surface area contributed by atoms with Crippen LogP contribution in [0, 0.1) is 6.92 Å². The Hall–Kier alpha value is -1.96. The number of benzene rings is 2. The lowest BCUT2D eigenvalue weighted by molar-refractivity contribution is 0.115. The summed E-state index contributed by atoms with van der Waals surface area (Å²) in [4.78, 5) is 0. The Bertz CT molecular complexity index is 618. The van der Waals surface area contributed by atoms with E-state index in [0.717, 1.165) is 17.9 Å². The number of methoxy groups -OCH3 is 1. The minimum atomic E-state index is -0.277. The Morgan fingerprint density at radius 2 is 2.00 bits per heavy atom. The van der Waals surface area contributed by atoms with Gasteiger partial charge in [-0.15, -0.1) is 0 Å². The average Bonchev–Trinajstić information content (AvgIpc) is 2.75. The molecule has 2 nitrogen and oxygen atoms in total. The fraction of sp³-hybridized carbons (Fsp3) is 0.294. The molecule has 0 fully saturated rings. The van der Waals surface area contributed by atoms with Crippen molar-refractivity contribution in [2.75, 3.05) is 7.11 Å². The summed E-state index contributed by atoms with van der Waals surface area (Å²) in [7, 11) is 1.69. The summed E-state index contributed by atoms with van der Waals surface area (Å²) in [6, 6.07) is 14.5. The van der Waals surface area contributed by atoms with Crippen LogP contribution in [0.25, 0.3) is 0 Å². The molecular weight excluding hydrogens is 236 g/mol. The Labute approximate surface area is 114 Å². The molecule has 0 spiro atoms. The van der Waals surface area contributed by atoms with Gasteiger partial charge in [0.25, 0.3) is 0 Å². The molecule has 0 saturated carbocycles. The molecule has 1 aliphatic rings. The summed E-state index contributed by atoms with van der Waals surface area (Å²) in [5.74, 6) is 1.85. The quantitative estimate of drug-likeness (QED) is 0.810. The van der Waals surface area contributed by atoms with Crippen molar-refractivity contribution < 1.29 is 9.47 Å². The molecule has 0 aliphatic carbocycles. The monoisotopic (exact) mass is 254 g/mol. The molecule has 3 rings (SSSR count). The minimum absolute atomic E-state index is 0.277. The lowest BCUT2D eigenvalue weighted by Gasteiger charge is -2.24. The molecule has 98 valence electrons. The normalized spacial score (nSPS) is 20.8. The molecular formula is C17H18O2. The lowest BCUT2D eigenvalue weighted by Crippen LogP contribution is -2.27. The van der Waals surface area contributed by atoms with E-state index in [9.17, 15) is 0 Å². The van der Waals surface area contributed by atoms with Crippen molar-refractivity contribution in [1.82, 2.24) is 0 Å². The van der Waals surface area contributed by atoms with Crippen molar-refractivity contribution in [2.45, 2.75) is 25.9 Å².